The Hall–Kier alpha value is -2.65. The first-order chi connectivity index (χ1) is 12.1. The quantitative estimate of drug-likeness (QED) is 0.441. The molecule has 3 aromatic rings. The number of nitrogens with zero attached hydrogens (tertiary/aromatic N) is 3. The van der Waals surface area contributed by atoms with Gasteiger partial charge in [0.2, 0.25) is 5.91 Å². The molecule has 130 valence electrons. The molecule has 2 heterocycles. The summed E-state index contributed by atoms with van der Waals surface area (Å²) in [5.41, 5.74) is 0.787. The number of aromatic nitrogens is 4. The highest BCUT2D eigenvalue weighted by molar-refractivity contribution is 7.99. The van der Waals surface area contributed by atoms with Gasteiger partial charge in [-0.1, -0.05) is 30.0 Å². The smallest absolute Gasteiger partial charge is 0.269 e. The van der Waals surface area contributed by atoms with Gasteiger partial charge in [-0.3, -0.25) is 19.3 Å². The average molecular weight is 359 g/mol. The summed E-state index contributed by atoms with van der Waals surface area (Å²) >= 11 is 1.15. The summed E-state index contributed by atoms with van der Waals surface area (Å²) in [5, 5.41) is 19.0. The van der Waals surface area contributed by atoms with Crippen molar-refractivity contribution in [1.82, 2.24) is 25.1 Å². The Kier molecular flexibility index (Phi) is 5.15. The van der Waals surface area contributed by atoms with Gasteiger partial charge in [0.25, 0.3) is 5.56 Å². The number of aromatic amines is 1. The van der Waals surface area contributed by atoms with Gasteiger partial charge in [-0.25, -0.2) is 4.98 Å². The second-order valence-corrected chi connectivity index (χ2v) is 6.39. The summed E-state index contributed by atoms with van der Waals surface area (Å²) < 4.78 is 1.46. The number of benzene rings is 1. The van der Waals surface area contributed by atoms with Crippen molar-refractivity contribution in [3.05, 3.63) is 46.9 Å². The summed E-state index contributed by atoms with van der Waals surface area (Å²) in [6, 6.07) is 8.78. The monoisotopic (exact) mass is 359 g/mol. The maximum absolute atomic E-state index is 12.8. The first kappa shape index (κ1) is 17.2. The molecule has 0 saturated carbocycles. The zero-order chi connectivity index (χ0) is 17.8. The van der Waals surface area contributed by atoms with E-state index < -0.39 is 0 Å². The molecule has 9 heteroatoms. The molecular weight excluding hydrogens is 342 g/mol. The van der Waals surface area contributed by atoms with Crippen LogP contribution < -0.4 is 10.9 Å². The van der Waals surface area contributed by atoms with Gasteiger partial charge in [-0.2, -0.15) is 5.10 Å². The van der Waals surface area contributed by atoms with Gasteiger partial charge in [0, 0.05) is 6.04 Å². The van der Waals surface area contributed by atoms with E-state index in [0.29, 0.717) is 21.9 Å². The molecule has 25 heavy (non-hydrogen) atoms. The lowest BCUT2D eigenvalue weighted by Crippen LogP contribution is -2.36. The van der Waals surface area contributed by atoms with E-state index in [1.54, 1.807) is 19.1 Å². The third kappa shape index (κ3) is 3.72. The second-order valence-electron chi connectivity index (χ2n) is 5.44. The lowest BCUT2D eigenvalue weighted by molar-refractivity contribution is -0.119. The number of aliphatic hydroxyl groups is 1. The molecule has 0 radical (unpaired) electrons. The first-order valence-electron chi connectivity index (χ1n) is 7.64. The van der Waals surface area contributed by atoms with Crippen LogP contribution in [-0.4, -0.2) is 49.2 Å². The number of carbonyl (C=O) groups is 1. The highest BCUT2D eigenvalue weighted by atomic mass is 32.2. The average Bonchev–Trinajstić information content (AvgIpc) is 3.09. The Morgan fingerprint density at radius 2 is 2.16 bits per heavy atom. The number of aliphatic hydroxyl groups excluding tert-OH is 1. The van der Waals surface area contributed by atoms with Gasteiger partial charge in [-0.05, 0) is 19.1 Å². The molecule has 3 rings (SSSR count). The maximum atomic E-state index is 12.8. The fourth-order valence-corrected chi connectivity index (χ4v) is 3.08. The molecule has 0 spiro atoms. The van der Waals surface area contributed by atoms with E-state index in [1.165, 1.54) is 10.8 Å². The number of thioether (sulfide) groups is 1. The zero-order valence-corrected chi connectivity index (χ0v) is 14.3. The van der Waals surface area contributed by atoms with Gasteiger partial charge in [-0.15, -0.1) is 0 Å². The predicted molar refractivity (Wildman–Crippen MR) is 94.9 cm³/mol. The molecule has 2 aromatic heterocycles. The van der Waals surface area contributed by atoms with E-state index >= 15 is 0 Å². The van der Waals surface area contributed by atoms with Crippen molar-refractivity contribution in [2.45, 2.75) is 18.1 Å². The molecule has 0 fully saturated rings. The molecule has 3 N–H and O–H groups in total. The van der Waals surface area contributed by atoms with Crippen molar-refractivity contribution in [1.29, 1.82) is 0 Å². The maximum Gasteiger partial charge on any atom is 0.269 e. The zero-order valence-electron chi connectivity index (χ0n) is 13.5. The molecule has 0 bridgehead atoms. The Labute approximate surface area is 147 Å². The summed E-state index contributed by atoms with van der Waals surface area (Å²) in [7, 11) is 0. The molecule has 1 amide bonds. The third-order valence-corrected chi connectivity index (χ3v) is 4.42. The molecule has 0 aliphatic rings. The largest absolute Gasteiger partial charge is 0.394 e. The number of para-hydroxylation sites is 1. The van der Waals surface area contributed by atoms with Crippen LogP contribution >= 0.6 is 11.8 Å². The lowest BCUT2D eigenvalue weighted by Gasteiger charge is -2.13. The van der Waals surface area contributed by atoms with E-state index in [4.69, 9.17) is 5.11 Å². The Morgan fingerprint density at radius 1 is 1.40 bits per heavy atom. The molecule has 0 saturated heterocycles. The SMILES string of the molecule is CC(CO)NC(=O)CSc1nc2[nH]ncc2c(=O)n1-c1ccccc1. The van der Waals surface area contributed by atoms with Crippen LogP contribution in [0.3, 0.4) is 0 Å². The number of nitrogens with one attached hydrogen (secondary N) is 2. The first-order valence-corrected chi connectivity index (χ1v) is 8.63. The van der Waals surface area contributed by atoms with Crippen LogP contribution in [0.2, 0.25) is 0 Å². The van der Waals surface area contributed by atoms with Crippen LogP contribution in [0.1, 0.15) is 6.92 Å². The Bertz CT molecular complexity index is 938. The highest BCUT2D eigenvalue weighted by Crippen LogP contribution is 2.20. The van der Waals surface area contributed by atoms with Crippen molar-refractivity contribution in [2.24, 2.45) is 0 Å². The van der Waals surface area contributed by atoms with E-state index in [1.807, 2.05) is 18.2 Å². The van der Waals surface area contributed by atoms with Gasteiger partial charge in [0.1, 0.15) is 5.39 Å². The minimum atomic E-state index is -0.326. The van der Waals surface area contributed by atoms with Crippen LogP contribution in [0.5, 0.6) is 0 Å². The number of fused-ring (bicyclic) bond motifs is 1. The van der Waals surface area contributed by atoms with Crippen molar-refractivity contribution in [3.8, 4) is 5.69 Å². The van der Waals surface area contributed by atoms with Gasteiger partial charge in [0.15, 0.2) is 10.8 Å². The summed E-state index contributed by atoms with van der Waals surface area (Å²) in [6.07, 6.45) is 1.44. The molecule has 1 aromatic carbocycles. The second kappa shape index (κ2) is 7.49. The number of amides is 1. The fraction of sp³-hybridized carbons (Fsp3) is 0.250. The Balaban J connectivity index is 1.96. The number of hydrogen-bond donors (Lipinski definition) is 3. The molecule has 1 atom stereocenters. The third-order valence-electron chi connectivity index (χ3n) is 3.48. The van der Waals surface area contributed by atoms with Crippen molar-refractivity contribution >= 4 is 28.7 Å². The topological polar surface area (TPSA) is 113 Å². The van der Waals surface area contributed by atoms with Crippen molar-refractivity contribution in [3.63, 3.8) is 0 Å². The minimum absolute atomic E-state index is 0.0727. The number of H-pyrrole nitrogens is 1. The van der Waals surface area contributed by atoms with Crippen LogP contribution in [0.25, 0.3) is 16.7 Å². The predicted octanol–water partition coefficient (Wildman–Crippen LogP) is 0.698. The van der Waals surface area contributed by atoms with E-state index in [-0.39, 0.29) is 29.9 Å². The highest BCUT2D eigenvalue weighted by Gasteiger charge is 2.16. The molecular formula is C16H17N5O3S. The van der Waals surface area contributed by atoms with E-state index in [2.05, 4.69) is 20.5 Å². The van der Waals surface area contributed by atoms with Crippen LogP contribution in [0, 0.1) is 0 Å². The number of carbonyl (C=O) groups excluding carboxylic acids is 1. The summed E-state index contributed by atoms with van der Waals surface area (Å²) in [4.78, 5) is 29.2. The lowest BCUT2D eigenvalue weighted by atomic mass is 10.3. The minimum Gasteiger partial charge on any atom is -0.394 e. The van der Waals surface area contributed by atoms with Gasteiger partial charge >= 0.3 is 0 Å². The van der Waals surface area contributed by atoms with Gasteiger partial charge in [0.05, 0.1) is 24.2 Å². The standard InChI is InChI=1S/C16H17N5O3S/c1-10(8-22)18-13(23)9-25-16-19-14-12(7-17-20-14)15(24)21(16)11-5-3-2-4-6-11/h2-7,10,22H,8-9H2,1H3,(H,17,20)(H,18,23). The van der Waals surface area contributed by atoms with Crippen molar-refractivity contribution in [2.75, 3.05) is 12.4 Å². The summed E-state index contributed by atoms with van der Waals surface area (Å²) in [5.74, 6) is -0.173. The number of hydrogen-bond acceptors (Lipinski definition) is 6. The van der Waals surface area contributed by atoms with Crippen LogP contribution in [0.15, 0.2) is 46.5 Å². The summed E-state index contributed by atoms with van der Waals surface area (Å²) in [6.45, 7) is 1.57. The van der Waals surface area contributed by atoms with Crippen molar-refractivity contribution < 1.29 is 9.90 Å². The molecule has 1 unspecified atom stereocenters. The van der Waals surface area contributed by atoms with E-state index in [0.717, 1.165) is 11.8 Å². The molecule has 8 nitrogen and oxygen atoms in total. The normalized spacial score (nSPS) is 12.2. The molecule has 0 aliphatic heterocycles. The Morgan fingerprint density at radius 3 is 2.88 bits per heavy atom. The fourth-order valence-electron chi connectivity index (χ4n) is 2.27. The number of rotatable bonds is 6. The van der Waals surface area contributed by atoms with Gasteiger partial charge < -0.3 is 10.4 Å². The molecule has 0 aliphatic carbocycles. The van der Waals surface area contributed by atoms with Crippen LogP contribution in [0.4, 0.5) is 0 Å². The van der Waals surface area contributed by atoms with E-state index in [9.17, 15) is 9.59 Å². The van der Waals surface area contributed by atoms with Crippen LogP contribution in [-0.2, 0) is 4.79 Å².